The van der Waals surface area contributed by atoms with Crippen LogP contribution in [0.25, 0.3) is 32.8 Å². The maximum Gasteiger partial charge on any atom is 0.0784 e. The zero-order valence-electron chi connectivity index (χ0n) is 15.8. The van der Waals surface area contributed by atoms with Gasteiger partial charge < -0.3 is 0 Å². The van der Waals surface area contributed by atoms with Crippen LogP contribution in [0.4, 0.5) is 0 Å². The van der Waals surface area contributed by atoms with E-state index in [1.807, 2.05) is 0 Å². The molecule has 0 aliphatic heterocycles. The van der Waals surface area contributed by atoms with E-state index in [-0.39, 0.29) is 5.92 Å². The average Bonchev–Trinajstić information content (AvgIpc) is 2.79. The summed E-state index contributed by atoms with van der Waals surface area (Å²) >= 11 is 0. The molecule has 1 heteroatoms. The van der Waals surface area contributed by atoms with Gasteiger partial charge in [-0.3, -0.25) is 4.98 Å². The number of aromatic nitrogens is 1. The minimum Gasteiger partial charge on any atom is -0.251 e. The first-order valence-corrected chi connectivity index (χ1v) is 9.74. The van der Waals surface area contributed by atoms with Gasteiger partial charge in [0.25, 0.3) is 0 Å². The number of hydrogen-bond donors (Lipinski definition) is 0. The van der Waals surface area contributed by atoms with Gasteiger partial charge in [0, 0.05) is 22.3 Å². The molecule has 28 heavy (non-hydrogen) atoms. The van der Waals surface area contributed by atoms with Crippen molar-refractivity contribution >= 4 is 21.7 Å². The lowest BCUT2D eigenvalue weighted by molar-refractivity contribution is 0.884. The molecule has 5 rings (SSSR count). The van der Waals surface area contributed by atoms with Crippen LogP contribution in [-0.4, -0.2) is 4.98 Å². The number of rotatable bonds is 3. The Morgan fingerprint density at radius 2 is 1.29 bits per heavy atom. The molecule has 0 saturated carbocycles. The second-order valence-corrected chi connectivity index (χ2v) is 7.28. The fraction of sp³-hybridized carbons (Fsp3) is 0.0741. The first kappa shape index (κ1) is 16.7. The lowest BCUT2D eigenvalue weighted by Gasteiger charge is -2.18. The predicted molar refractivity (Wildman–Crippen MR) is 119 cm³/mol. The molecule has 5 aromatic rings. The van der Waals surface area contributed by atoms with Gasteiger partial charge in [0.1, 0.15) is 0 Å². The first-order valence-electron chi connectivity index (χ1n) is 9.74. The molecular formula is C27H21N. The fourth-order valence-electron chi connectivity index (χ4n) is 4.00. The van der Waals surface area contributed by atoms with Gasteiger partial charge in [-0.05, 0) is 22.6 Å². The molecule has 0 saturated heterocycles. The Morgan fingerprint density at radius 1 is 0.643 bits per heavy atom. The van der Waals surface area contributed by atoms with Gasteiger partial charge in [0.05, 0.1) is 11.2 Å². The van der Waals surface area contributed by atoms with Crippen LogP contribution in [-0.2, 0) is 0 Å². The highest BCUT2D eigenvalue weighted by molar-refractivity contribution is 6.06. The van der Waals surface area contributed by atoms with Gasteiger partial charge in [-0.25, -0.2) is 0 Å². The van der Waals surface area contributed by atoms with Gasteiger partial charge in [-0.2, -0.15) is 0 Å². The van der Waals surface area contributed by atoms with Crippen LogP contribution in [0.15, 0.2) is 103 Å². The van der Waals surface area contributed by atoms with E-state index in [9.17, 15) is 0 Å². The average molecular weight is 359 g/mol. The smallest absolute Gasteiger partial charge is 0.0784 e. The van der Waals surface area contributed by atoms with E-state index < -0.39 is 0 Å². The van der Waals surface area contributed by atoms with Crippen LogP contribution in [0.5, 0.6) is 0 Å². The molecule has 0 amide bonds. The van der Waals surface area contributed by atoms with E-state index >= 15 is 0 Å². The molecule has 1 aromatic heterocycles. The number of nitrogens with zero attached hydrogens (tertiary/aromatic N) is 1. The molecule has 1 nitrogen and oxygen atoms in total. The monoisotopic (exact) mass is 359 g/mol. The minimum atomic E-state index is 0.208. The second-order valence-electron chi connectivity index (χ2n) is 7.28. The number of hydrogen-bond acceptors (Lipinski definition) is 1. The molecule has 0 bridgehead atoms. The zero-order valence-corrected chi connectivity index (χ0v) is 15.8. The van der Waals surface area contributed by atoms with Crippen molar-refractivity contribution in [3.63, 3.8) is 0 Å². The number of benzene rings is 4. The van der Waals surface area contributed by atoms with E-state index in [1.54, 1.807) is 0 Å². The summed E-state index contributed by atoms with van der Waals surface area (Å²) in [5.74, 6) is 0.208. The summed E-state index contributed by atoms with van der Waals surface area (Å²) in [7, 11) is 0. The summed E-state index contributed by atoms with van der Waals surface area (Å²) < 4.78 is 0. The van der Waals surface area contributed by atoms with E-state index in [4.69, 9.17) is 4.98 Å². The van der Waals surface area contributed by atoms with Gasteiger partial charge >= 0.3 is 0 Å². The highest BCUT2D eigenvalue weighted by Gasteiger charge is 2.17. The fourth-order valence-corrected chi connectivity index (χ4v) is 4.00. The third-order valence-electron chi connectivity index (χ3n) is 5.53. The van der Waals surface area contributed by atoms with Crippen molar-refractivity contribution in [1.82, 2.24) is 4.98 Å². The van der Waals surface area contributed by atoms with E-state index in [0.29, 0.717) is 0 Å². The van der Waals surface area contributed by atoms with Crippen LogP contribution in [0.2, 0.25) is 0 Å². The Hall–Kier alpha value is -3.45. The molecule has 4 aromatic carbocycles. The van der Waals surface area contributed by atoms with Gasteiger partial charge in [0.15, 0.2) is 0 Å². The summed E-state index contributed by atoms with van der Waals surface area (Å²) in [6.07, 6.45) is 0. The molecular weight excluding hydrogens is 338 g/mol. The molecule has 1 heterocycles. The van der Waals surface area contributed by atoms with Crippen molar-refractivity contribution in [2.24, 2.45) is 0 Å². The molecule has 134 valence electrons. The maximum atomic E-state index is 5.26. The largest absolute Gasteiger partial charge is 0.251 e. The Morgan fingerprint density at radius 3 is 2.07 bits per heavy atom. The summed E-state index contributed by atoms with van der Waals surface area (Å²) in [4.78, 5) is 5.26. The zero-order chi connectivity index (χ0) is 18.9. The molecule has 0 spiro atoms. The van der Waals surface area contributed by atoms with E-state index in [2.05, 4.69) is 110 Å². The number of pyridine rings is 1. The maximum absolute atomic E-state index is 5.26. The summed E-state index contributed by atoms with van der Waals surface area (Å²) in [5.41, 5.74) is 5.91. The van der Waals surface area contributed by atoms with Crippen LogP contribution < -0.4 is 0 Å². The lowest BCUT2D eigenvalue weighted by atomic mass is 9.90. The molecule has 1 unspecified atom stereocenters. The highest BCUT2D eigenvalue weighted by atomic mass is 14.7. The van der Waals surface area contributed by atoms with Crippen LogP contribution in [0.3, 0.4) is 0 Å². The van der Waals surface area contributed by atoms with Gasteiger partial charge in [-0.15, -0.1) is 0 Å². The van der Waals surface area contributed by atoms with Gasteiger partial charge in [-0.1, -0.05) is 104 Å². The molecule has 0 N–H and O–H groups in total. The predicted octanol–water partition coefficient (Wildman–Crippen LogP) is 7.21. The SMILES string of the molecule is CC(c1ccccc1)c1nc2c(ccc3ccccc32)cc1-c1ccccc1. The molecule has 0 fully saturated rings. The first-order chi connectivity index (χ1) is 13.8. The normalized spacial score (nSPS) is 12.3. The van der Waals surface area contributed by atoms with Crippen molar-refractivity contribution in [3.8, 4) is 11.1 Å². The molecule has 0 radical (unpaired) electrons. The van der Waals surface area contributed by atoms with Crippen LogP contribution >= 0.6 is 0 Å². The Bertz CT molecular complexity index is 1260. The summed E-state index contributed by atoms with van der Waals surface area (Å²) in [5, 5.41) is 3.62. The molecule has 1 atom stereocenters. The molecule has 0 aliphatic carbocycles. The minimum absolute atomic E-state index is 0.208. The third-order valence-corrected chi connectivity index (χ3v) is 5.53. The van der Waals surface area contributed by atoms with E-state index in [1.165, 1.54) is 32.8 Å². The van der Waals surface area contributed by atoms with Crippen LogP contribution in [0, 0.1) is 0 Å². The highest BCUT2D eigenvalue weighted by Crippen LogP contribution is 2.36. The van der Waals surface area contributed by atoms with Crippen molar-refractivity contribution in [1.29, 1.82) is 0 Å². The van der Waals surface area contributed by atoms with Crippen molar-refractivity contribution in [3.05, 3.63) is 114 Å². The Labute approximate surface area is 165 Å². The standard InChI is InChI=1S/C27H21N/c1-19(20-10-4-2-5-11-20)26-25(21-12-6-3-7-13-21)18-23-17-16-22-14-8-9-15-24(22)27(23)28-26/h2-19H,1H3. The van der Waals surface area contributed by atoms with Gasteiger partial charge in [0.2, 0.25) is 0 Å². The Kier molecular flexibility index (Phi) is 4.14. The van der Waals surface area contributed by atoms with Crippen molar-refractivity contribution in [2.75, 3.05) is 0 Å². The van der Waals surface area contributed by atoms with Crippen LogP contribution in [0.1, 0.15) is 24.1 Å². The second kappa shape index (κ2) is 6.94. The molecule has 0 aliphatic rings. The lowest BCUT2D eigenvalue weighted by Crippen LogP contribution is -2.03. The quantitative estimate of drug-likeness (QED) is 0.310. The summed E-state index contributed by atoms with van der Waals surface area (Å²) in [6.45, 7) is 2.25. The third kappa shape index (κ3) is 2.86. The summed E-state index contributed by atoms with van der Waals surface area (Å²) in [6, 6.07) is 36.4. The van der Waals surface area contributed by atoms with Crippen molar-refractivity contribution in [2.45, 2.75) is 12.8 Å². The van der Waals surface area contributed by atoms with E-state index in [0.717, 1.165) is 11.2 Å². The number of fused-ring (bicyclic) bond motifs is 3. The van der Waals surface area contributed by atoms with Crippen molar-refractivity contribution < 1.29 is 0 Å². The Balaban J connectivity index is 1.82. The topological polar surface area (TPSA) is 12.9 Å².